The van der Waals surface area contributed by atoms with Gasteiger partial charge >= 0.3 is 5.97 Å². The molecule has 2 N–H and O–H groups in total. The molecule has 3 rings (SSSR count). The van der Waals surface area contributed by atoms with Gasteiger partial charge < -0.3 is 10.5 Å². The SMILES string of the molecule is N[C@]12C[C@@H]3C[C@@H]1[C@@H](C3)OC2=O. The van der Waals surface area contributed by atoms with Crippen LogP contribution in [0.2, 0.25) is 0 Å². The van der Waals surface area contributed by atoms with Crippen LogP contribution in [-0.4, -0.2) is 17.6 Å². The van der Waals surface area contributed by atoms with Gasteiger partial charge in [0.2, 0.25) is 0 Å². The van der Waals surface area contributed by atoms with Crippen molar-refractivity contribution in [2.45, 2.75) is 30.9 Å². The van der Waals surface area contributed by atoms with E-state index in [-0.39, 0.29) is 12.1 Å². The molecule has 0 aromatic carbocycles. The molecule has 3 heteroatoms. The van der Waals surface area contributed by atoms with Crippen molar-refractivity contribution in [3.8, 4) is 0 Å². The lowest BCUT2D eigenvalue weighted by molar-refractivity contribution is -0.144. The molecule has 11 heavy (non-hydrogen) atoms. The first kappa shape index (κ1) is 6.00. The number of nitrogens with two attached hydrogens (primary N) is 1. The van der Waals surface area contributed by atoms with Crippen LogP contribution in [0.4, 0.5) is 0 Å². The van der Waals surface area contributed by atoms with E-state index in [1.54, 1.807) is 0 Å². The Morgan fingerprint density at radius 3 is 2.91 bits per heavy atom. The fraction of sp³-hybridized carbons (Fsp3) is 0.875. The topological polar surface area (TPSA) is 52.3 Å². The summed E-state index contributed by atoms with van der Waals surface area (Å²) in [4.78, 5) is 11.3. The van der Waals surface area contributed by atoms with Crippen LogP contribution in [0, 0.1) is 11.8 Å². The van der Waals surface area contributed by atoms with Crippen LogP contribution >= 0.6 is 0 Å². The lowest BCUT2D eigenvalue weighted by Gasteiger charge is -2.22. The van der Waals surface area contributed by atoms with Crippen LogP contribution in [-0.2, 0) is 9.53 Å². The molecule has 3 fully saturated rings. The minimum absolute atomic E-state index is 0.146. The number of carbonyl (C=O) groups excluding carboxylic acids is 1. The Balaban J connectivity index is 2.11. The highest BCUT2D eigenvalue weighted by Gasteiger charge is 2.64. The molecule has 0 aromatic heterocycles. The minimum atomic E-state index is -0.576. The van der Waals surface area contributed by atoms with Crippen LogP contribution in [0.25, 0.3) is 0 Å². The van der Waals surface area contributed by atoms with Crippen molar-refractivity contribution in [3.05, 3.63) is 0 Å². The van der Waals surface area contributed by atoms with E-state index in [1.807, 2.05) is 0 Å². The van der Waals surface area contributed by atoms with Crippen LogP contribution in [0.3, 0.4) is 0 Å². The highest BCUT2D eigenvalue weighted by molar-refractivity contribution is 5.84. The Morgan fingerprint density at radius 1 is 1.55 bits per heavy atom. The molecule has 0 aromatic rings. The monoisotopic (exact) mass is 153 g/mol. The number of ether oxygens (including phenoxy) is 1. The number of hydrogen-bond acceptors (Lipinski definition) is 3. The first-order valence-electron chi connectivity index (χ1n) is 4.20. The van der Waals surface area contributed by atoms with Gasteiger partial charge in [-0.05, 0) is 25.2 Å². The van der Waals surface area contributed by atoms with Crippen molar-refractivity contribution >= 4 is 5.97 Å². The average Bonchev–Trinajstić information content (AvgIpc) is 2.45. The Labute approximate surface area is 64.9 Å². The highest BCUT2D eigenvalue weighted by Crippen LogP contribution is 2.55. The molecule has 1 saturated heterocycles. The van der Waals surface area contributed by atoms with E-state index in [0.29, 0.717) is 11.8 Å². The van der Waals surface area contributed by atoms with Crippen LogP contribution in [0.5, 0.6) is 0 Å². The van der Waals surface area contributed by atoms with Crippen molar-refractivity contribution in [1.29, 1.82) is 0 Å². The summed E-state index contributed by atoms with van der Waals surface area (Å²) >= 11 is 0. The largest absolute Gasteiger partial charge is 0.461 e. The van der Waals surface area contributed by atoms with E-state index >= 15 is 0 Å². The quantitative estimate of drug-likeness (QED) is 0.500. The molecular formula is C8H11NO2. The average molecular weight is 153 g/mol. The Hall–Kier alpha value is -0.570. The number of rotatable bonds is 0. The summed E-state index contributed by atoms with van der Waals surface area (Å²) in [6, 6.07) is 0. The number of carbonyl (C=O) groups is 1. The predicted octanol–water partition coefficient (Wildman–Crippen LogP) is 0.0392. The maximum Gasteiger partial charge on any atom is 0.326 e. The molecule has 3 aliphatic rings. The summed E-state index contributed by atoms with van der Waals surface area (Å²) < 4.78 is 5.18. The molecule has 1 heterocycles. The van der Waals surface area contributed by atoms with Gasteiger partial charge in [-0.25, -0.2) is 0 Å². The van der Waals surface area contributed by atoms with Crippen LogP contribution < -0.4 is 5.73 Å². The fourth-order valence-corrected chi connectivity index (χ4v) is 3.05. The summed E-state index contributed by atoms with van der Waals surface area (Å²) in [7, 11) is 0. The van der Waals surface area contributed by atoms with Gasteiger partial charge in [-0.3, -0.25) is 4.79 Å². The summed E-state index contributed by atoms with van der Waals surface area (Å²) in [6.45, 7) is 0. The maximum atomic E-state index is 11.3. The third-order valence-corrected chi connectivity index (χ3v) is 3.53. The van der Waals surface area contributed by atoms with E-state index in [2.05, 4.69) is 0 Å². The molecule has 0 radical (unpaired) electrons. The van der Waals surface area contributed by atoms with Gasteiger partial charge in [-0.15, -0.1) is 0 Å². The van der Waals surface area contributed by atoms with E-state index in [1.165, 1.54) is 0 Å². The number of esters is 1. The lowest BCUT2D eigenvalue weighted by atomic mass is 9.83. The van der Waals surface area contributed by atoms with Gasteiger partial charge in [0, 0.05) is 5.92 Å². The summed E-state index contributed by atoms with van der Waals surface area (Å²) in [5.74, 6) is 0.869. The van der Waals surface area contributed by atoms with E-state index in [4.69, 9.17) is 10.5 Å². The zero-order valence-electron chi connectivity index (χ0n) is 6.25. The Bertz CT molecular complexity index is 240. The van der Waals surface area contributed by atoms with Gasteiger partial charge in [0.1, 0.15) is 11.6 Å². The lowest BCUT2D eigenvalue weighted by Crippen LogP contribution is -2.48. The van der Waals surface area contributed by atoms with Crippen molar-refractivity contribution in [3.63, 3.8) is 0 Å². The normalized spacial score (nSPS) is 58.6. The molecule has 0 amide bonds. The van der Waals surface area contributed by atoms with Crippen molar-refractivity contribution < 1.29 is 9.53 Å². The summed E-state index contributed by atoms with van der Waals surface area (Å²) in [6.07, 6.45) is 3.22. The second-order valence-electron chi connectivity index (χ2n) is 4.13. The van der Waals surface area contributed by atoms with Crippen molar-refractivity contribution in [2.24, 2.45) is 17.6 Å². The molecule has 0 unspecified atom stereocenters. The second kappa shape index (κ2) is 1.46. The van der Waals surface area contributed by atoms with E-state index < -0.39 is 5.54 Å². The summed E-state index contributed by atoms with van der Waals surface area (Å²) in [5, 5.41) is 0. The molecule has 1 aliphatic heterocycles. The fourth-order valence-electron chi connectivity index (χ4n) is 3.05. The van der Waals surface area contributed by atoms with E-state index in [0.717, 1.165) is 19.3 Å². The molecule has 0 spiro atoms. The van der Waals surface area contributed by atoms with Crippen molar-refractivity contribution in [1.82, 2.24) is 0 Å². The molecule has 2 saturated carbocycles. The van der Waals surface area contributed by atoms with Gasteiger partial charge in [0.25, 0.3) is 0 Å². The zero-order valence-corrected chi connectivity index (χ0v) is 6.25. The van der Waals surface area contributed by atoms with Gasteiger partial charge in [-0.1, -0.05) is 0 Å². The molecule has 60 valence electrons. The van der Waals surface area contributed by atoms with Crippen LogP contribution in [0.1, 0.15) is 19.3 Å². The van der Waals surface area contributed by atoms with E-state index in [9.17, 15) is 4.79 Å². The molecule has 2 aliphatic carbocycles. The smallest absolute Gasteiger partial charge is 0.326 e. The number of fused-ring (bicyclic) bond motifs is 1. The minimum Gasteiger partial charge on any atom is -0.461 e. The molecule has 2 bridgehead atoms. The third-order valence-electron chi connectivity index (χ3n) is 3.53. The van der Waals surface area contributed by atoms with Crippen LogP contribution in [0.15, 0.2) is 0 Å². The first-order chi connectivity index (χ1) is 5.20. The third kappa shape index (κ3) is 0.495. The van der Waals surface area contributed by atoms with Gasteiger partial charge in [0.05, 0.1) is 0 Å². The maximum absolute atomic E-state index is 11.3. The second-order valence-corrected chi connectivity index (χ2v) is 4.13. The van der Waals surface area contributed by atoms with Crippen molar-refractivity contribution in [2.75, 3.05) is 0 Å². The Kier molecular flexibility index (Phi) is 0.796. The molecule has 4 atom stereocenters. The van der Waals surface area contributed by atoms with Gasteiger partial charge in [-0.2, -0.15) is 0 Å². The molecule has 3 nitrogen and oxygen atoms in total. The predicted molar refractivity (Wildman–Crippen MR) is 37.6 cm³/mol. The summed E-state index contributed by atoms with van der Waals surface area (Å²) in [5.41, 5.74) is 5.38. The standard InChI is InChI=1S/C8H11NO2/c9-8-3-4-1-5(8)6(2-4)11-7(8)10/h4-6H,1-3,9H2/t4-,5-,6-,8-/m1/s1. The van der Waals surface area contributed by atoms with Gasteiger partial charge in [0.15, 0.2) is 0 Å². The zero-order chi connectivity index (χ0) is 7.64. The first-order valence-corrected chi connectivity index (χ1v) is 4.20. The highest BCUT2D eigenvalue weighted by atomic mass is 16.6. The number of hydrogen-bond donors (Lipinski definition) is 1. The Morgan fingerprint density at radius 2 is 2.36 bits per heavy atom. The molecular weight excluding hydrogens is 142 g/mol.